The van der Waals surface area contributed by atoms with Gasteiger partial charge in [0.15, 0.2) is 6.61 Å². The third-order valence-electron chi connectivity index (χ3n) is 3.91. The van der Waals surface area contributed by atoms with E-state index in [9.17, 15) is 32.9 Å². The molecule has 0 aliphatic heterocycles. The number of ether oxygens (including phenoxy) is 1. The summed E-state index contributed by atoms with van der Waals surface area (Å²) in [6.45, 7) is -1.60. The van der Waals surface area contributed by atoms with Gasteiger partial charge in [0, 0.05) is 6.07 Å². The molecule has 0 fully saturated rings. The number of nitrogens with zero attached hydrogens (tertiary/aromatic N) is 1. The fourth-order valence-corrected chi connectivity index (χ4v) is 3.97. The van der Waals surface area contributed by atoms with Gasteiger partial charge in [0.1, 0.15) is 6.54 Å². The Morgan fingerprint density at radius 3 is 2.41 bits per heavy atom. The number of sulfonamides is 1. The molecule has 0 spiro atoms. The van der Waals surface area contributed by atoms with Crippen LogP contribution >= 0.6 is 11.8 Å². The zero-order chi connectivity index (χ0) is 23.7. The van der Waals surface area contributed by atoms with Crippen LogP contribution in [-0.4, -0.2) is 50.5 Å². The van der Waals surface area contributed by atoms with Crippen molar-refractivity contribution in [2.75, 3.05) is 19.4 Å². The minimum atomic E-state index is -4.25. The number of carbonyl (C=O) groups is 3. The van der Waals surface area contributed by atoms with E-state index < -0.39 is 50.8 Å². The van der Waals surface area contributed by atoms with Crippen molar-refractivity contribution in [3.05, 3.63) is 64.2 Å². The number of rotatable bonds is 10. The Morgan fingerprint density at radius 1 is 1.09 bits per heavy atom. The number of hydrogen-bond acceptors (Lipinski definition) is 9. The monoisotopic (exact) mass is 481 g/mol. The Bertz CT molecular complexity index is 1120. The lowest BCUT2D eigenvalue weighted by Gasteiger charge is -2.08. The van der Waals surface area contributed by atoms with Gasteiger partial charge in [-0.05, 0) is 24.0 Å². The summed E-state index contributed by atoms with van der Waals surface area (Å²) < 4.78 is 31.2. The lowest BCUT2D eigenvalue weighted by atomic mass is 10.1. The summed E-state index contributed by atoms with van der Waals surface area (Å²) >= 11 is 1.08. The molecule has 2 N–H and O–H groups in total. The molecule has 11 nitrogen and oxygen atoms in total. The highest BCUT2D eigenvalue weighted by Crippen LogP contribution is 2.29. The second-order valence-corrected chi connectivity index (χ2v) is 8.82. The van der Waals surface area contributed by atoms with Crippen molar-refractivity contribution in [1.82, 2.24) is 10.0 Å². The van der Waals surface area contributed by atoms with Gasteiger partial charge in [0.25, 0.3) is 11.6 Å². The summed E-state index contributed by atoms with van der Waals surface area (Å²) in [6, 6.07) is 12.0. The molecule has 0 saturated heterocycles. The number of imide groups is 1. The highest BCUT2D eigenvalue weighted by molar-refractivity contribution is 7.98. The Hall–Kier alpha value is -3.29. The number of thioether (sulfide) groups is 1. The zero-order valence-corrected chi connectivity index (χ0v) is 18.4. The van der Waals surface area contributed by atoms with Gasteiger partial charge >= 0.3 is 5.97 Å². The van der Waals surface area contributed by atoms with Crippen molar-refractivity contribution < 1.29 is 32.5 Å². The largest absolute Gasteiger partial charge is 0.455 e. The molecule has 0 aliphatic carbocycles. The van der Waals surface area contributed by atoms with Crippen molar-refractivity contribution in [2.45, 2.75) is 16.2 Å². The molecule has 0 heterocycles. The topological polar surface area (TPSA) is 162 Å². The Kier molecular flexibility index (Phi) is 8.87. The van der Waals surface area contributed by atoms with Crippen molar-refractivity contribution in [2.24, 2.45) is 0 Å². The molecule has 2 aromatic carbocycles. The van der Waals surface area contributed by atoms with Crippen LogP contribution in [0.4, 0.5) is 5.69 Å². The van der Waals surface area contributed by atoms with Crippen LogP contribution in [0.5, 0.6) is 0 Å². The first-order chi connectivity index (χ1) is 15.1. The Labute approximate surface area is 187 Å². The number of nitro benzene ring substituents is 1. The maximum absolute atomic E-state index is 12.3. The molecule has 0 atom stereocenters. The Balaban J connectivity index is 1.84. The van der Waals surface area contributed by atoms with Gasteiger partial charge < -0.3 is 4.74 Å². The summed E-state index contributed by atoms with van der Waals surface area (Å²) in [7, 11) is -4.25. The maximum Gasteiger partial charge on any atom is 0.321 e. The van der Waals surface area contributed by atoms with Gasteiger partial charge in [-0.25, -0.2) is 8.42 Å². The predicted octanol–water partition coefficient (Wildman–Crippen LogP) is 1.02. The van der Waals surface area contributed by atoms with E-state index in [2.05, 4.69) is 10.1 Å². The molecule has 2 rings (SSSR count). The van der Waals surface area contributed by atoms with Crippen LogP contribution in [0.3, 0.4) is 0 Å². The Morgan fingerprint density at radius 2 is 1.78 bits per heavy atom. The molecule has 13 heteroatoms. The number of carbonyl (C=O) groups excluding carboxylic acids is 3. The number of esters is 1. The first-order valence-electron chi connectivity index (χ1n) is 8.96. The number of hydrogen-bond donors (Lipinski definition) is 2. The molecule has 0 aromatic heterocycles. The first kappa shape index (κ1) is 25.0. The van der Waals surface area contributed by atoms with E-state index in [4.69, 9.17) is 0 Å². The molecule has 170 valence electrons. The van der Waals surface area contributed by atoms with E-state index in [-0.39, 0.29) is 17.0 Å². The van der Waals surface area contributed by atoms with Crippen LogP contribution in [-0.2, 0) is 35.6 Å². The van der Waals surface area contributed by atoms with Crippen molar-refractivity contribution in [1.29, 1.82) is 0 Å². The summed E-state index contributed by atoms with van der Waals surface area (Å²) in [5.74, 6) is -2.53. The maximum atomic E-state index is 12.3. The van der Waals surface area contributed by atoms with Gasteiger partial charge in [0.05, 0.1) is 21.1 Å². The van der Waals surface area contributed by atoms with Gasteiger partial charge in [-0.15, -0.1) is 11.8 Å². The van der Waals surface area contributed by atoms with E-state index in [0.29, 0.717) is 5.56 Å². The molecule has 0 aliphatic rings. The molecule has 0 saturated carbocycles. The molecular formula is C19H19N3O8S2. The normalized spacial score (nSPS) is 10.9. The molecule has 32 heavy (non-hydrogen) atoms. The lowest BCUT2D eigenvalue weighted by molar-refractivity contribution is -0.388. The number of nitrogens with one attached hydrogen (secondary N) is 2. The van der Waals surface area contributed by atoms with Gasteiger partial charge in [-0.1, -0.05) is 30.3 Å². The molecule has 0 radical (unpaired) electrons. The van der Waals surface area contributed by atoms with Crippen LogP contribution in [0.2, 0.25) is 0 Å². The lowest BCUT2D eigenvalue weighted by Crippen LogP contribution is -2.37. The molecular weight excluding hydrogens is 462 g/mol. The highest BCUT2D eigenvalue weighted by atomic mass is 32.2. The molecule has 2 aromatic rings. The van der Waals surface area contributed by atoms with Gasteiger partial charge in [-0.3, -0.25) is 29.8 Å². The average Bonchev–Trinajstić information content (AvgIpc) is 2.76. The smallest absolute Gasteiger partial charge is 0.321 e. The second kappa shape index (κ2) is 11.4. The van der Waals surface area contributed by atoms with E-state index in [0.717, 1.165) is 23.9 Å². The van der Waals surface area contributed by atoms with Crippen LogP contribution in [0, 0.1) is 10.1 Å². The van der Waals surface area contributed by atoms with Crippen LogP contribution in [0.25, 0.3) is 0 Å². The quantitative estimate of drug-likeness (QED) is 0.218. The molecule has 0 unspecified atom stereocenters. The SMILES string of the molecule is CSc1ccc(S(=O)(=O)NCC(=O)OCC(=O)NC(=O)Cc2ccccc2)cc1[N+](=O)[O-]. The fraction of sp³-hybridized carbons (Fsp3) is 0.211. The van der Waals surface area contributed by atoms with Crippen LogP contribution in [0.15, 0.2) is 58.3 Å². The van der Waals surface area contributed by atoms with E-state index >= 15 is 0 Å². The van der Waals surface area contributed by atoms with Crippen molar-refractivity contribution in [3.8, 4) is 0 Å². The minimum absolute atomic E-state index is 0.0399. The number of nitro groups is 1. The molecule has 0 bridgehead atoms. The van der Waals surface area contributed by atoms with E-state index in [1.165, 1.54) is 6.07 Å². The van der Waals surface area contributed by atoms with Crippen LogP contribution < -0.4 is 10.0 Å². The summed E-state index contributed by atoms with van der Waals surface area (Å²) in [5.41, 5.74) is 0.301. The first-order valence-corrected chi connectivity index (χ1v) is 11.7. The minimum Gasteiger partial charge on any atom is -0.455 e. The summed E-state index contributed by atoms with van der Waals surface area (Å²) in [6.07, 6.45) is 1.57. The van der Waals surface area contributed by atoms with E-state index in [1.54, 1.807) is 36.6 Å². The zero-order valence-electron chi connectivity index (χ0n) is 16.8. The van der Waals surface area contributed by atoms with Crippen molar-refractivity contribution >= 4 is 45.3 Å². The standard InChI is InChI=1S/C19H19N3O8S2/c1-31-16-8-7-14(10-15(16)22(26)27)32(28,29)20-11-19(25)30-12-18(24)21-17(23)9-13-5-3-2-4-6-13/h2-8,10,20H,9,11-12H2,1H3,(H,21,23,24). The number of benzene rings is 2. The summed E-state index contributed by atoms with van der Waals surface area (Å²) in [5, 5.41) is 13.1. The van der Waals surface area contributed by atoms with Gasteiger partial charge in [-0.2, -0.15) is 4.72 Å². The van der Waals surface area contributed by atoms with Gasteiger partial charge in [0.2, 0.25) is 15.9 Å². The fourth-order valence-electron chi connectivity index (χ4n) is 2.43. The van der Waals surface area contributed by atoms with Crippen LogP contribution in [0.1, 0.15) is 5.56 Å². The predicted molar refractivity (Wildman–Crippen MR) is 114 cm³/mol. The average molecular weight is 482 g/mol. The molecule has 2 amide bonds. The van der Waals surface area contributed by atoms with Crippen molar-refractivity contribution in [3.63, 3.8) is 0 Å². The highest BCUT2D eigenvalue weighted by Gasteiger charge is 2.22. The third kappa shape index (κ3) is 7.44. The third-order valence-corrected chi connectivity index (χ3v) is 6.10. The summed E-state index contributed by atoms with van der Waals surface area (Å²) in [4.78, 5) is 45.5. The number of amides is 2. The van der Waals surface area contributed by atoms with E-state index in [1.807, 2.05) is 4.72 Å². The second-order valence-electron chi connectivity index (χ2n) is 6.21.